The average Bonchev–Trinajstić information content (AvgIpc) is 2.70. The Morgan fingerprint density at radius 1 is 1.15 bits per heavy atom. The Hall–Kier alpha value is -1.31. The number of amides is 1. The molecule has 1 saturated carbocycles. The topological polar surface area (TPSA) is 65.5 Å². The van der Waals surface area contributed by atoms with E-state index in [1.54, 1.807) is 7.05 Å². The molecule has 0 radical (unpaired) electrons. The van der Waals surface area contributed by atoms with Gasteiger partial charge < -0.3 is 16.0 Å². The van der Waals surface area contributed by atoms with Crippen LogP contribution < -0.4 is 16.0 Å². The monoisotopic (exact) mass is 486 g/mol. The van der Waals surface area contributed by atoms with E-state index in [0.717, 1.165) is 42.9 Å². The minimum Gasteiger partial charge on any atom is -0.356 e. The van der Waals surface area contributed by atoms with E-state index in [9.17, 15) is 4.79 Å². The Labute approximate surface area is 181 Å². The molecule has 1 amide bonds. The predicted molar refractivity (Wildman–Crippen MR) is 124 cm³/mol. The molecule has 0 spiro atoms. The number of hydrogen-bond acceptors (Lipinski definition) is 2. The highest BCUT2D eigenvalue weighted by atomic mass is 127. The minimum absolute atomic E-state index is 0. The lowest BCUT2D eigenvalue weighted by molar-refractivity contribution is 0.0963. The number of nitrogens with zero attached hydrogens (tertiary/aromatic N) is 1. The maximum atomic E-state index is 11.7. The minimum atomic E-state index is -0.0462. The van der Waals surface area contributed by atoms with Crippen LogP contribution in [0.25, 0.3) is 0 Å². The lowest BCUT2D eigenvalue weighted by Crippen LogP contribution is -2.41. The van der Waals surface area contributed by atoms with Crippen LogP contribution in [0.4, 0.5) is 0 Å². The molecule has 0 saturated heterocycles. The van der Waals surface area contributed by atoms with E-state index in [1.165, 1.54) is 32.1 Å². The highest BCUT2D eigenvalue weighted by Crippen LogP contribution is 2.29. The standard InChI is InChI=1S/C21H34N4O.HI/c1-4-16-8-10-18(11-9-16)15-25-21(23-3)24-13-12-17-6-5-7-19(14-17)20(26)22-2;/h5-7,14,16,18H,4,8-13,15H2,1-3H3,(H,22,26)(H2,23,24,25);1H. The van der Waals surface area contributed by atoms with Gasteiger partial charge in [-0.2, -0.15) is 0 Å². The maximum absolute atomic E-state index is 11.7. The average molecular weight is 486 g/mol. The Balaban J connectivity index is 0.00000364. The summed E-state index contributed by atoms with van der Waals surface area (Å²) in [6.07, 6.45) is 7.58. The van der Waals surface area contributed by atoms with Crippen molar-refractivity contribution in [3.63, 3.8) is 0 Å². The molecule has 5 nitrogen and oxygen atoms in total. The third-order valence-electron chi connectivity index (χ3n) is 5.45. The van der Waals surface area contributed by atoms with E-state index < -0.39 is 0 Å². The van der Waals surface area contributed by atoms with Gasteiger partial charge in [0.25, 0.3) is 5.91 Å². The quantitative estimate of drug-likeness (QED) is 0.314. The number of nitrogens with one attached hydrogen (secondary N) is 3. The van der Waals surface area contributed by atoms with Gasteiger partial charge in [-0.1, -0.05) is 38.3 Å². The van der Waals surface area contributed by atoms with Gasteiger partial charge in [-0.05, 0) is 48.8 Å². The summed E-state index contributed by atoms with van der Waals surface area (Å²) in [6, 6.07) is 7.77. The van der Waals surface area contributed by atoms with Crippen molar-refractivity contribution in [1.29, 1.82) is 0 Å². The largest absolute Gasteiger partial charge is 0.356 e. The van der Waals surface area contributed by atoms with Gasteiger partial charge in [0.15, 0.2) is 5.96 Å². The Morgan fingerprint density at radius 3 is 2.48 bits per heavy atom. The summed E-state index contributed by atoms with van der Waals surface area (Å²) in [4.78, 5) is 16.0. The number of aliphatic imine (C=N–C) groups is 1. The first-order chi connectivity index (χ1) is 12.7. The van der Waals surface area contributed by atoms with Crippen molar-refractivity contribution in [1.82, 2.24) is 16.0 Å². The zero-order valence-electron chi connectivity index (χ0n) is 16.9. The molecule has 1 aromatic rings. The van der Waals surface area contributed by atoms with Crippen LogP contribution in [0.15, 0.2) is 29.3 Å². The van der Waals surface area contributed by atoms with Gasteiger partial charge >= 0.3 is 0 Å². The summed E-state index contributed by atoms with van der Waals surface area (Å²) in [5, 5.41) is 9.51. The van der Waals surface area contributed by atoms with Crippen LogP contribution in [-0.2, 0) is 6.42 Å². The van der Waals surface area contributed by atoms with Gasteiger partial charge in [0.05, 0.1) is 0 Å². The number of benzene rings is 1. The molecule has 0 bridgehead atoms. The van der Waals surface area contributed by atoms with E-state index in [-0.39, 0.29) is 29.9 Å². The molecular formula is C21H35IN4O. The predicted octanol–water partition coefficient (Wildman–Crippen LogP) is 3.59. The molecule has 6 heteroatoms. The summed E-state index contributed by atoms with van der Waals surface area (Å²) < 4.78 is 0. The fourth-order valence-electron chi connectivity index (χ4n) is 3.64. The van der Waals surface area contributed by atoms with Crippen molar-refractivity contribution in [2.24, 2.45) is 16.8 Å². The number of rotatable bonds is 7. The Bertz CT molecular complexity index is 598. The van der Waals surface area contributed by atoms with Gasteiger partial charge in [-0.3, -0.25) is 9.79 Å². The van der Waals surface area contributed by atoms with Crippen molar-refractivity contribution >= 4 is 35.8 Å². The molecule has 1 fully saturated rings. The van der Waals surface area contributed by atoms with Crippen LogP contribution in [0.5, 0.6) is 0 Å². The van der Waals surface area contributed by atoms with Gasteiger partial charge in [-0.25, -0.2) is 0 Å². The van der Waals surface area contributed by atoms with Crippen LogP contribution in [0, 0.1) is 11.8 Å². The molecule has 2 rings (SSSR count). The fourth-order valence-corrected chi connectivity index (χ4v) is 3.64. The third-order valence-corrected chi connectivity index (χ3v) is 5.45. The lowest BCUT2D eigenvalue weighted by atomic mass is 9.81. The van der Waals surface area contributed by atoms with Crippen LogP contribution in [-0.4, -0.2) is 39.1 Å². The Kier molecular flexibility index (Phi) is 11.4. The molecule has 27 heavy (non-hydrogen) atoms. The molecule has 1 aliphatic rings. The van der Waals surface area contributed by atoms with E-state index in [0.29, 0.717) is 5.56 Å². The molecule has 1 aromatic carbocycles. The van der Waals surface area contributed by atoms with Crippen molar-refractivity contribution in [3.05, 3.63) is 35.4 Å². The van der Waals surface area contributed by atoms with Crippen LogP contribution in [0.1, 0.15) is 54.9 Å². The number of carbonyl (C=O) groups excluding carboxylic acids is 1. The van der Waals surface area contributed by atoms with Crippen molar-refractivity contribution < 1.29 is 4.79 Å². The first kappa shape index (κ1) is 23.7. The first-order valence-corrected chi connectivity index (χ1v) is 9.91. The number of guanidine groups is 1. The second kappa shape index (κ2) is 13.0. The molecule has 0 atom stereocenters. The molecule has 152 valence electrons. The van der Waals surface area contributed by atoms with Crippen LogP contribution in [0.3, 0.4) is 0 Å². The van der Waals surface area contributed by atoms with E-state index in [2.05, 4.69) is 33.9 Å². The highest BCUT2D eigenvalue weighted by Gasteiger charge is 2.19. The smallest absolute Gasteiger partial charge is 0.251 e. The van der Waals surface area contributed by atoms with Crippen molar-refractivity contribution in [2.75, 3.05) is 27.2 Å². The molecule has 0 unspecified atom stereocenters. The normalized spacial score (nSPS) is 19.7. The number of hydrogen-bond donors (Lipinski definition) is 3. The van der Waals surface area contributed by atoms with Crippen LogP contribution in [0.2, 0.25) is 0 Å². The highest BCUT2D eigenvalue weighted by molar-refractivity contribution is 14.0. The van der Waals surface area contributed by atoms with E-state index in [4.69, 9.17) is 0 Å². The van der Waals surface area contributed by atoms with E-state index in [1.807, 2.05) is 25.2 Å². The van der Waals surface area contributed by atoms with E-state index >= 15 is 0 Å². The second-order valence-electron chi connectivity index (χ2n) is 7.20. The van der Waals surface area contributed by atoms with Crippen molar-refractivity contribution in [2.45, 2.75) is 45.4 Å². The first-order valence-electron chi connectivity index (χ1n) is 9.91. The molecule has 3 N–H and O–H groups in total. The number of carbonyl (C=O) groups is 1. The maximum Gasteiger partial charge on any atom is 0.251 e. The molecule has 0 heterocycles. The van der Waals surface area contributed by atoms with Crippen LogP contribution >= 0.6 is 24.0 Å². The molecule has 0 aromatic heterocycles. The summed E-state index contributed by atoms with van der Waals surface area (Å²) in [5.41, 5.74) is 1.85. The summed E-state index contributed by atoms with van der Waals surface area (Å²) >= 11 is 0. The summed E-state index contributed by atoms with van der Waals surface area (Å²) in [7, 11) is 3.47. The van der Waals surface area contributed by atoms with Gasteiger partial charge in [0.1, 0.15) is 0 Å². The molecule has 1 aliphatic carbocycles. The lowest BCUT2D eigenvalue weighted by Gasteiger charge is -2.28. The third kappa shape index (κ3) is 8.07. The summed E-state index contributed by atoms with van der Waals surface area (Å²) in [6.45, 7) is 4.10. The van der Waals surface area contributed by atoms with Gasteiger partial charge in [0.2, 0.25) is 0 Å². The summed E-state index contributed by atoms with van der Waals surface area (Å²) in [5.74, 6) is 2.52. The number of halogens is 1. The Morgan fingerprint density at radius 2 is 1.85 bits per heavy atom. The van der Waals surface area contributed by atoms with Crippen molar-refractivity contribution in [3.8, 4) is 0 Å². The SMILES string of the molecule is CCC1CCC(CNC(=NC)NCCc2cccc(C(=O)NC)c2)CC1.I. The molecular weight excluding hydrogens is 451 g/mol. The second-order valence-corrected chi connectivity index (χ2v) is 7.20. The fraction of sp³-hybridized carbons (Fsp3) is 0.619. The zero-order valence-corrected chi connectivity index (χ0v) is 19.2. The molecule has 0 aliphatic heterocycles. The zero-order chi connectivity index (χ0) is 18.8. The van der Waals surface area contributed by atoms with Gasteiger partial charge in [0, 0.05) is 32.7 Å². The van der Waals surface area contributed by atoms with Gasteiger partial charge in [-0.15, -0.1) is 24.0 Å².